The molecule has 8 N–H and O–H groups in total. The molecule has 10 atom stereocenters. The summed E-state index contributed by atoms with van der Waals surface area (Å²) >= 11 is 0. The number of carbonyl (C=O) groups is 1. The van der Waals surface area contributed by atoms with E-state index >= 15 is 0 Å². The topological polar surface area (TPSA) is 201 Å². The Labute approximate surface area is 289 Å². The predicted molar refractivity (Wildman–Crippen MR) is 177 cm³/mol. The van der Waals surface area contributed by atoms with Gasteiger partial charge in [0, 0.05) is 36.1 Å². The van der Waals surface area contributed by atoms with E-state index in [2.05, 4.69) is 23.7 Å². The number of hydrogen-bond donors (Lipinski definition) is 8. The summed E-state index contributed by atoms with van der Waals surface area (Å²) in [6.07, 6.45) is -9.20. The van der Waals surface area contributed by atoms with Crippen LogP contribution in [0.4, 0.5) is 0 Å². The predicted octanol–water partition coefficient (Wildman–Crippen LogP) is -1.24. The summed E-state index contributed by atoms with van der Waals surface area (Å²) in [6.45, 7) is 0.0631. The van der Waals surface area contributed by atoms with Crippen molar-refractivity contribution in [2.45, 2.75) is 98.6 Å². The maximum absolute atomic E-state index is 13.1. The fourth-order valence-corrected chi connectivity index (χ4v) is 7.78. The molecule has 1 spiro atoms. The number of aliphatic hydroxyl groups excluding tert-OH is 8. The minimum Gasteiger partial charge on any atom is -0.394 e. The van der Waals surface area contributed by atoms with Gasteiger partial charge >= 0.3 is 0 Å². The Hall–Kier alpha value is -3.37. The van der Waals surface area contributed by atoms with Crippen molar-refractivity contribution in [3.05, 3.63) is 58.7 Å². The van der Waals surface area contributed by atoms with Gasteiger partial charge < -0.3 is 55.2 Å². The fraction of sp³-hybridized carbons (Fsp3) is 0.553. The van der Waals surface area contributed by atoms with Gasteiger partial charge in [-0.25, -0.2) is 0 Å². The summed E-state index contributed by atoms with van der Waals surface area (Å²) in [5, 5.41) is 80.8. The molecule has 0 aromatic heterocycles. The lowest BCUT2D eigenvalue weighted by atomic mass is 9.70. The second kappa shape index (κ2) is 14.0. The van der Waals surface area contributed by atoms with Crippen molar-refractivity contribution in [1.82, 2.24) is 4.90 Å². The van der Waals surface area contributed by atoms with Crippen molar-refractivity contribution < 1.29 is 55.1 Å². The van der Waals surface area contributed by atoms with E-state index in [0.29, 0.717) is 49.4 Å². The number of piperidine rings is 1. The van der Waals surface area contributed by atoms with Crippen LogP contribution in [0.5, 0.6) is 0 Å². The maximum Gasteiger partial charge on any atom is 0.222 e. The molecule has 266 valence electrons. The summed E-state index contributed by atoms with van der Waals surface area (Å²) < 4.78 is 11.2. The highest BCUT2D eigenvalue weighted by atomic mass is 16.5. The van der Waals surface area contributed by atoms with Crippen LogP contribution in [0.2, 0.25) is 0 Å². The first kappa shape index (κ1) is 35.1. The number of fused-ring (bicyclic) bond motifs is 5. The molecule has 3 aliphatic heterocycles. The van der Waals surface area contributed by atoms with Crippen molar-refractivity contribution in [3.8, 4) is 34.8 Å². The molecule has 2 aromatic rings. The smallest absolute Gasteiger partial charge is 0.222 e. The van der Waals surface area contributed by atoms with Gasteiger partial charge in [0.2, 0.25) is 5.91 Å². The Morgan fingerprint density at radius 1 is 0.700 bits per heavy atom. The number of ether oxygens (including phenoxy) is 2. The highest BCUT2D eigenvalue weighted by Gasteiger charge is 2.47. The van der Waals surface area contributed by atoms with Crippen LogP contribution in [0.25, 0.3) is 11.1 Å². The van der Waals surface area contributed by atoms with Gasteiger partial charge in [-0.05, 0) is 78.1 Å². The van der Waals surface area contributed by atoms with Gasteiger partial charge in [0.1, 0.15) is 61.0 Å². The van der Waals surface area contributed by atoms with Crippen molar-refractivity contribution >= 4 is 5.91 Å². The second-order valence-corrected chi connectivity index (χ2v) is 14.2. The quantitative estimate of drug-likeness (QED) is 0.179. The molecule has 0 radical (unpaired) electrons. The molecule has 3 heterocycles. The minimum atomic E-state index is -1.52. The first-order valence-electron chi connectivity index (χ1n) is 17.3. The van der Waals surface area contributed by atoms with E-state index in [1.165, 1.54) is 0 Å². The lowest BCUT2D eigenvalue weighted by molar-refractivity contribution is -0.214. The van der Waals surface area contributed by atoms with Crippen molar-refractivity contribution in [1.29, 1.82) is 0 Å². The molecule has 3 saturated heterocycles. The van der Waals surface area contributed by atoms with Crippen molar-refractivity contribution in [3.63, 3.8) is 0 Å². The fourth-order valence-electron chi connectivity index (χ4n) is 7.78. The van der Waals surface area contributed by atoms with Crippen LogP contribution in [-0.4, -0.2) is 139 Å². The van der Waals surface area contributed by atoms with Gasteiger partial charge in [-0.3, -0.25) is 4.79 Å². The average Bonchev–Trinajstić information content (AvgIpc) is 3.92. The van der Waals surface area contributed by atoms with Gasteiger partial charge in [-0.15, -0.1) is 0 Å². The van der Waals surface area contributed by atoms with E-state index < -0.39 is 79.7 Å². The average molecular weight is 690 g/mol. The van der Waals surface area contributed by atoms with E-state index in [1.54, 1.807) is 0 Å². The SMILES string of the molecule is O=C(CC1CC1)N1CCC2(CC1)c1cc(C#C[C@H]3O[C@H](CO)[C@@H](O)[C@H](O)[C@@H]3O)ccc1-c1ccc(C#C[C@H]3O[C@H](CO)[C@@H](O)[C@H](O)[C@@H]3O)cc12. The number of rotatable bonds is 4. The molecule has 0 bridgehead atoms. The molecule has 2 aromatic carbocycles. The Morgan fingerprint density at radius 2 is 1.16 bits per heavy atom. The van der Waals surface area contributed by atoms with E-state index in [1.807, 2.05) is 41.3 Å². The number of nitrogens with zero attached hydrogens (tertiary/aromatic N) is 1. The van der Waals surface area contributed by atoms with Gasteiger partial charge in [-0.1, -0.05) is 35.8 Å². The second-order valence-electron chi connectivity index (χ2n) is 14.2. The zero-order valence-electron chi connectivity index (χ0n) is 27.4. The molecular formula is C38H43NO11. The Morgan fingerprint density at radius 3 is 1.58 bits per heavy atom. The van der Waals surface area contributed by atoms with E-state index in [4.69, 9.17) is 9.47 Å². The standard InChI is InChI=1S/C38H43NO11/c40-18-29-34(45)36(47)32(43)27(49-29)9-5-20-3-7-23-24-8-4-21(6-10-28-33(44)37(48)35(46)30(19-41)50-28)16-26(24)38(25(23)15-20)11-13-39(14-12-38)31(42)17-22-1-2-22/h3-4,7-8,15-16,22,27-30,32-37,40-41,43-48H,1-2,11-14,17-19H2/t27-,28-,29-,30-,32-,33-,34-,35-,36-,37-/m1/s1. The Balaban J connectivity index is 1.21. The Kier molecular flexibility index (Phi) is 9.80. The summed E-state index contributed by atoms with van der Waals surface area (Å²) in [6, 6.07) is 11.7. The van der Waals surface area contributed by atoms with Crippen LogP contribution >= 0.6 is 0 Å². The monoisotopic (exact) mass is 689 g/mol. The van der Waals surface area contributed by atoms with Crippen molar-refractivity contribution in [2.75, 3.05) is 26.3 Å². The number of aliphatic hydroxyl groups is 8. The largest absolute Gasteiger partial charge is 0.394 e. The molecule has 5 aliphatic rings. The number of amides is 1. The van der Waals surface area contributed by atoms with Gasteiger partial charge in [0.25, 0.3) is 0 Å². The third kappa shape index (κ3) is 6.35. The molecule has 1 saturated carbocycles. The highest BCUT2D eigenvalue weighted by molar-refractivity contribution is 5.83. The zero-order chi connectivity index (χ0) is 35.3. The third-order valence-corrected chi connectivity index (χ3v) is 11.0. The molecule has 4 fully saturated rings. The molecule has 12 nitrogen and oxygen atoms in total. The van der Waals surface area contributed by atoms with Crippen LogP contribution in [-0.2, 0) is 19.7 Å². The molecule has 12 heteroatoms. The number of likely N-dealkylation sites (tertiary alicyclic amines) is 1. The number of benzene rings is 2. The molecule has 2 aliphatic carbocycles. The summed E-state index contributed by atoms with van der Waals surface area (Å²) in [4.78, 5) is 15.0. The lowest BCUT2D eigenvalue weighted by Crippen LogP contribution is -2.58. The molecule has 50 heavy (non-hydrogen) atoms. The van der Waals surface area contributed by atoms with Gasteiger partial charge in [-0.2, -0.15) is 0 Å². The maximum atomic E-state index is 13.1. The van der Waals surface area contributed by atoms with Crippen molar-refractivity contribution in [2.24, 2.45) is 5.92 Å². The lowest BCUT2D eigenvalue weighted by Gasteiger charge is -2.41. The van der Waals surface area contributed by atoms with E-state index in [0.717, 1.165) is 35.1 Å². The van der Waals surface area contributed by atoms with E-state index in [9.17, 15) is 45.6 Å². The first-order valence-corrected chi connectivity index (χ1v) is 17.3. The minimum absolute atomic E-state index is 0.180. The number of carbonyl (C=O) groups excluding carboxylic acids is 1. The molecule has 1 amide bonds. The molecule has 7 rings (SSSR count). The first-order chi connectivity index (χ1) is 24.0. The zero-order valence-corrected chi connectivity index (χ0v) is 27.4. The van der Waals surface area contributed by atoms with Crippen LogP contribution in [0, 0.1) is 29.6 Å². The van der Waals surface area contributed by atoms with Crippen LogP contribution in [0.3, 0.4) is 0 Å². The van der Waals surface area contributed by atoms with Crippen LogP contribution in [0.15, 0.2) is 36.4 Å². The summed E-state index contributed by atoms with van der Waals surface area (Å²) in [7, 11) is 0. The molecular weight excluding hydrogens is 646 g/mol. The van der Waals surface area contributed by atoms with Gasteiger partial charge in [0.05, 0.1) is 13.2 Å². The van der Waals surface area contributed by atoms with Gasteiger partial charge in [0.15, 0.2) is 0 Å². The van der Waals surface area contributed by atoms with Crippen LogP contribution in [0.1, 0.15) is 54.4 Å². The normalized spacial score (nSPS) is 34.2. The summed E-state index contributed by atoms with van der Waals surface area (Å²) in [5.41, 5.74) is 4.94. The van der Waals surface area contributed by atoms with E-state index in [-0.39, 0.29) is 5.91 Å². The number of hydrogen-bond acceptors (Lipinski definition) is 11. The third-order valence-electron chi connectivity index (χ3n) is 11.0. The summed E-state index contributed by atoms with van der Waals surface area (Å²) in [5.74, 6) is 12.5. The Bertz CT molecular complexity index is 1620. The van der Waals surface area contributed by atoms with Crippen LogP contribution < -0.4 is 0 Å². The highest BCUT2D eigenvalue weighted by Crippen LogP contribution is 2.54. The molecule has 0 unspecified atom stereocenters.